The van der Waals surface area contributed by atoms with Crippen molar-refractivity contribution in [2.24, 2.45) is 5.92 Å². The van der Waals surface area contributed by atoms with Gasteiger partial charge in [-0.3, -0.25) is 0 Å². The van der Waals surface area contributed by atoms with Crippen LogP contribution in [0.1, 0.15) is 28.2 Å². The normalized spacial score (nSPS) is 21.2. The Labute approximate surface area is 126 Å². The van der Waals surface area contributed by atoms with E-state index < -0.39 is 10.0 Å². The van der Waals surface area contributed by atoms with Gasteiger partial charge < -0.3 is 5.32 Å². The van der Waals surface area contributed by atoms with Crippen molar-refractivity contribution in [3.63, 3.8) is 0 Å². The van der Waals surface area contributed by atoms with Gasteiger partial charge in [0.15, 0.2) is 0 Å². The number of hydrogen-bond acceptors (Lipinski definition) is 4. The van der Waals surface area contributed by atoms with Gasteiger partial charge in [0.25, 0.3) is 0 Å². The van der Waals surface area contributed by atoms with Gasteiger partial charge in [-0.1, -0.05) is 0 Å². The molecule has 0 radical (unpaired) electrons. The van der Waals surface area contributed by atoms with E-state index in [2.05, 4.69) is 25.2 Å². The summed E-state index contributed by atoms with van der Waals surface area (Å²) in [6.07, 6.45) is 3.39. The lowest BCUT2D eigenvalue weighted by Crippen LogP contribution is -2.42. The predicted molar refractivity (Wildman–Crippen MR) is 84.6 cm³/mol. The van der Waals surface area contributed by atoms with Gasteiger partial charge in [-0.25, -0.2) is 12.7 Å². The van der Waals surface area contributed by atoms with E-state index >= 15 is 0 Å². The van der Waals surface area contributed by atoms with Gasteiger partial charge in [0.05, 0.1) is 6.26 Å². The minimum atomic E-state index is -3.03. The Hall–Kier alpha value is -0.430. The van der Waals surface area contributed by atoms with Crippen LogP contribution in [0.3, 0.4) is 0 Å². The van der Waals surface area contributed by atoms with Crippen LogP contribution in [0.15, 0.2) is 6.07 Å². The minimum Gasteiger partial charge on any atom is -0.312 e. The summed E-state index contributed by atoms with van der Waals surface area (Å²) in [5, 5.41) is 3.47. The highest BCUT2D eigenvalue weighted by Gasteiger charge is 2.25. The molecule has 1 aromatic rings. The molecule has 0 aliphatic carbocycles. The third-order valence-corrected chi connectivity index (χ3v) is 6.32. The third kappa shape index (κ3) is 4.28. The van der Waals surface area contributed by atoms with Crippen molar-refractivity contribution in [2.45, 2.75) is 33.2 Å². The van der Waals surface area contributed by atoms with Crippen LogP contribution < -0.4 is 5.32 Å². The van der Waals surface area contributed by atoms with Crippen LogP contribution in [0.2, 0.25) is 0 Å². The number of nitrogens with zero attached hydrogens (tertiary/aromatic N) is 1. The molecule has 0 amide bonds. The Morgan fingerprint density at radius 1 is 1.45 bits per heavy atom. The molecule has 4 nitrogen and oxygen atoms in total. The largest absolute Gasteiger partial charge is 0.312 e. The van der Waals surface area contributed by atoms with Gasteiger partial charge >= 0.3 is 0 Å². The molecule has 1 atom stereocenters. The van der Waals surface area contributed by atoms with E-state index in [9.17, 15) is 8.42 Å². The molecule has 0 bridgehead atoms. The zero-order valence-electron chi connectivity index (χ0n) is 12.5. The molecule has 1 N–H and O–H groups in total. The van der Waals surface area contributed by atoms with Crippen molar-refractivity contribution in [3.05, 3.63) is 21.4 Å². The maximum Gasteiger partial charge on any atom is 0.211 e. The zero-order chi connectivity index (χ0) is 14.8. The van der Waals surface area contributed by atoms with E-state index in [1.165, 1.54) is 21.6 Å². The molecule has 0 aromatic carbocycles. The lowest BCUT2D eigenvalue weighted by Gasteiger charge is -2.31. The Bertz CT molecular complexity index is 532. The van der Waals surface area contributed by atoms with Crippen molar-refractivity contribution in [2.75, 3.05) is 25.9 Å². The summed E-state index contributed by atoms with van der Waals surface area (Å²) in [5.74, 6) is 0.431. The second kappa shape index (κ2) is 6.56. The van der Waals surface area contributed by atoms with Crippen LogP contribution in [-0.4, -0.2) is 38.6 Å². The minimum absolute atomic E-state index is 0.431. The average molecular weight is 316 g/mol. The molecule has 1 aromatic heterocycles. The van der Waals surface area contributed by atoms with Crippen molar-refractivity contribution >= 4 is 21.4 Å². The molecule has 1 aliphatic heterocycles. The standard InChI is InChI=1S/C14H24N2O2S2/c1-11-7-14(19-12(11)2)9-15-8-13-5-4-6-16(10-13)20(3,17)18/h7,13,15H,4-6,8-10H2,1-3H3. The smallest absolute Gasteiger partial charge is 0.211 e. The number of hydrogen-bond donors (Lipinski definition) is 1. The third-order valence-electron chi connectivity index (χ3n) is 3.90. The summed E-state index contributed by atoms with van der Waals surface area (Å²) in [6.45, 7) is 7.40. The highest BCUT2D eigenvalue weighted by Crippen LogP contribution is 2.21. The van der Waals surface area contributed by atoms with Crippen molar-refractivity contribution in [1.29, 1.82) is 0 Å². The van der Waals surface area contributed by atoms with Crippen molar-refractivity contribution in [1.82, 2.24) is 9.62 Å². The molecule has 6 heteroatoms. The van der Waals surface area contributed by atoms with E-state index in [1.54, 1.807) is 4.31 Å². The first-order chi connectivity index (χ1) is 9.36. The molecular formula is C14H24N2O2S2. The fourth-order valence-electron chi connectivity index (χ4n) is 2.63. The monoisotopic (exact) mass is 316 g/mol. The fourth-order valence-corrected chi connectivity index (χ4v) is 4.60. The summed E-state index contributed by atoms with van der Waals surface area (Å²) < 4.78 is 24.8. The van der Waals surface area contributed by atoms with E-state index in [4.69, 9.17) is 0 Å². The molecule has 1 fully saturated rings. The maximum absolute atomic E-state index is 11.6. The van der Waals surface area contributed by atoms with Gasteiger partial charge in [-0.05, 0) is 50.8 Å². The summed E-state index contributed by atoms with van der Waals surface area (Å²) in [6, 6.07) is 2.23. The molecule has 20 heavy (non-hydrogen) atoms. The van der Waals surface area contributed by atoms with Gasteiger partial charge in [0.2, 0.25) is 10.0 Å². The average Bonchev–Trinajstić information content (AvgIpc) is 2.68. The Morgan fingerprint density at radius 3 is 2.80 bits per heavy atom. The number of aryl methyl sites for hydroxylation is 2. The Kier molecular flexibility index (Phi) is 5.23. The molecule has 1 unspecified atom stereocenters. The number of sulfonamides is 1. The van der Waals surface area contributed by atoms with E-state index in [0.29, 0.717) is 19.0 Å². The van der Waals surface area contributed by atoms with Crippen LogP contribution in [0.25, 0.3) is 0 Å². The van der Waals surface area contributed by atoms with E-state index in [0.717, 1.165) is 25.9 Å². The molecule has 114 valence electrons. The molecule has 2 rings (SSSR count). The Morgan fingerprint density at radius 2 is 2.20 bits per heavy atom. The number of nitrogens with one attached hydrogen (secondary N) is 1. The molecule has 2 heterocycles. The second-order valence-electron chi connectivity index (χ2n) is 5.71. The Balaban J connectivity index is 1.79. The van der Waals surface area contributed by atoms with Gasteiger partial charge in [-0.2, -0.15) is 0 Å². The zero-order valence-corrected chi connectivity index (χ0v) is 14.1. The first-order valence-corrected chi connectivity index (χ1v) is 9.74. The predicted octanol–water partition coefficient (Wildman–Crippen LogP) is 2.13. The van der Waals surface area contributed by atoms with Gasteiger partial charge in [0, 0.05) is 29.4 Å². The quantitative estimate of drug-likeness (QED) is 0.905. The van der Waals surface area contributed by atoms with Gasteiger partial charge in [0.1, 0.15) is 0 Å². The van der Waals surface area contributed by atoms with Crippen LogP contribution >= 0.6 is 11.3 Å². The summed E-state index contributed by atoms with van der Waals surface area (Å²) in [4.78, 5) is 2.73. The lowest BCUT2D eigenvalue weighted by atomic mass is 10.00. The number of piperidine rings is 1. The fraction of sp³-hybridized carbons (Fsp3) is 0.714. The van der Waals surface area contributed by atoms with E-state index in [-0.39, 0.29) is 0 Å². The summed E-state index contributed by atoms with van der Waals surface area (Å²) in [5.41, 5.74) is 1.35. The number of thiophene rings is 1. The molecule has 0 saturated carbocycles. The summed E-state index contributed by atoms with van der Waals surface area (Å²) in [7, 11) is -3.03. The maximum atomic E-state index is 11.6. The van der Waals surface area contributed by atoms with Crippen molar-refractivity contribution in [3.8, 4) is 0 Å². The van der Waals surface area contributed by atoms with Gasteiger partial charge in [-0.15, -0.1) is 11.3 Å². The number of rotatable bonds is 5. The highest BCUT2D eigenvalue weighted by atomic mass is 32.2. The van der Waals surface area contributed by atoms with Crippen LogP contribution in [0.5, 0.6) is 0 Å². The molecule has 0 spiro atoms. The highest BCUT2D eigenvalue weighted by molar-refractivity contribution is 7.88. The SMILES string of the molecule is Cc1cc(CNCC2CCCN(S(C)(=O)=O)C2)sc1C. The first kappa shape index (κ1) is 15.9. The first-order valence-electron chi connectivity index (χ1n) is 7.08. The molecule has 1 saturated heterocycles. The second-order valence-corrected chi connectivity index (χ2v) is 9.04. The topological polar surface area (TPSA) is 49.4 Å². The van der Waals surface area contributed by atoms with Crippen molar-refractivity contribution < 1.29 is 8.42 Å². The molecule has 1 aliphatic rings. The van der Waals surface area contributed by atoms with E-state index in [1.807, 2.05) is 11.3 Å². The summed E-state index contributed by atoms with van der Waals surface area (Å²) >= 11 is 1.84. The van der Waals surface area contributed by atoms with Crippen LogP contribution in [0, 0.1) is 19.8 Å². The molecular weight excluding hydrogens is 292 g/mol. The van der Waals surface area contributed by atoms with Crippen LogP contribution in [-0.2, 0) is 16.6 Å². The lowest BCUT2D eigenvalue weighted by molar-refractivity contribution is 0.261. The van der Waals surface area contributed by atoms with Crippen LogP contribution in [0.4, 0.5) is 0 Å².